The van der Waals surface area contributed by atoms with Crippen LogP contribution in [0.4, 0.5) is 13.2 Å². The highest BCUT2D eigenvalue weighted by Gasteiger charge is 2.33. The van der Waals surface area contributed by atoms with Gasteiger partial charge in [-0.25, -0.2) is 8.42 Å². The number of benzene rings is 2. The Bertz CT molecular complexity index is 1150. The molecule has 2 aliphatic rings. The Kier molecular flexibility index (Phi) is 7.56. The molecule has 2 aromatic carbocycles. The van der Waals surface area contributed by atoms with Gasteiger partial charge in [0, 0.05) is 43.7 Å². The van der Waals surface area contributed by atoms with Crippen LogP contribution in [-0.2, 0) is 22.6 Å². The number of nitrogens with zero attached hydrogens (tertiary/aromatic N) is 2. The van der Waals surface area contributed by atoms with E-state index in [0.717, 1.165) is 29.1 Å². The minimum absolute atomic E-state index is 0.00503. The average molecular weight is 507 g/mol. The molecule has 2 atom stereocenters. The zero-order valence-corrected chi connectivity index (χ0v) is 20.3. The molecule has 0 radical (unpaired) electrons. The molecule has 1 heterocycles. The van der Waals surface area contributed by atoms with E-state index in [4.69, 9.17) is 4.74 Å². The summed E-state index contributed by atoms with van der Waals surface area (Å²) in [6.45, 7) is 2.34. The second-order valence-corrected chi connectivity index (χ2v) is 10.9. The van der Waals surface area contributed by atoms with Crippen LogP contribution in [0.15, 0.2) is 78.5 Å². The minimum atomic E-state index is -4.37. The molecule has 0 amide bonds. The van der Waals surface area contributed by atoms with Crippen LogP contribution in [0.3, 0.4) is 0 Å². The second kappa shape index (κ2) is 10.5. The van der Waals surface area contributed by atoms with E-state index in [2.05, 4.69) is 11.0 Å². The lowest BCUT2D eigenvalue weighted by molar-refractivity contribution is -0.137. The maximum atomic E-state index is 13.0. The molecular weight excluding hydrogens is 477 g/mol. The summed E-state index contributed by atoms with van der Waals surface area (Å²) in [5.74, 6) is 0.739. The molecule has 2 aromatic rings. The van der Waals surface area contributed by atoms with Gasteiger partial charge in [-0.2, -0.15) is 17.5 Å². The molecule has 188 valence electrons. The van der Waals surface area contributed by atoms with Gasteiger partial charge in [0.1, 0.15) is 5.75 Å². The number of sulfonamides is 1. The third kappa shape index (κ3) is 6.46. The van der Waals surface area contributed by atoms with E-state index in [1.807, 2.05) is 42.5 Å². The molecule has 1 aliphatic carbocycles. The van der Waals surface area contributed by atoms with Gasteiger partial charge in [-0.05, 0) is 42.3 Å². The summed E-state index contributed by atoms with van der Waals surface area (Å²) in [5, 5.41) is 0. The van der Waals surface area contributed by atoms with Crippen molar-refractivity contribution in [1.29, 1.82) is 0 Å². The number of hydrogen-bond acceptors (Lipinski definition) is 4. The lowest BCUT2D eigenvalue weighted by atomic mass is 9.80. The van der Waals surface area contributed by atoms with Gasteiger partial charge in [0.15, 0.2) is 0 Å². The molecule has 9 heteroatoms. The van der Waals surface area contributed by atoms with Crippen molar-refractivity contribution >= 4 is 10.0 Å². The standard InChI is InChI=1S/C26H29F3N2O3S/c1-35(32,33)31-16-14-30(15-17-31)25-9-5-6-21(19-34-23-7-3-2-4-8-23)24(25)18-20-10-12-22(13-11-20)26(27,28)29/h2-13,21,24H,14-19H2,1H3. The molecule has 0 N–H and O–H groups in total. The van der Waals surface area contributed by atoms with Crippen molar-refractivity contribution in [2.45, 2.75) is 12.6 Å². The van der Waals surface area contributed by atoms with Gasteiger partial charge in [0.25, 0.3) is 0 Å². The van der Waals surface area contributed by atoms with Crippen LogP contribution < -0.4 is 4.74 Å². The highest BCUT2D eigenvalue weighted by molar-refractivity contribution is 7.88. The highest BCUT2D eigenvalue weighted by Crippen LogP contribution is 2.35. The Morgan fingerprint density at radius 2 is 1.63 bits per heavy atom. The van der Waals surface area contributed by atoms with Crippen molar-refractivity contribution in [3.8, 4) is 5.75 Å². The maximum absolute atomic E-state index is 13.0. The fourth-order valence-corrected chi connectivity index (χ4v) is 5.44. The number of hydrogen-bond donors (Lipinski definition) is 0. The first-order valence-electron chi connectivity index (χ1n) is 11.5. The molecular formula is C26H29F3N2O3S. The Balaban J connectivity index is 1.54. The smallest absolute Gasteiger partial charge is 0.416 e. The Morgan fingerprint density at radius 1 is 0.971 bits per heavy atom. The fourth-order valence-electron chi connectivity index (χ4n) is 4.61. The first-order valence-corrected chi connectivity index (χ1v) is 13.4. The van der Waals surface area contributed by atoms with Crippen LogP contribution in [0.25, 0.3) is 0 Å². The van der Waals surface area contributed by atoms with Gasteiger partial charge < -0.3 is 9.64 Å². The predicted octanol–water partition coefficient (Wildman–Crippen LogP) is 4.59. The van der Waals surface area contributed by atoms with Gasteiger partial charge in [0.2, 0.25) is 10.0 Å². The van der Waals surface area contributed by atoms with Crippen molar-refractivity contribution in [1.82, 2.24) is 9.21 Å². The fraction of sp³-hybridized carbons (Fsp3) is 0.385. The molecule has 1 aliphatic heterocycles. The van der Waals surface area contributed by atoms with E-state index in [-0.39, 0.29) is 11.8 Å². The van der Waals surface area contributed by atoms with Crippen LogP contribution in [0.5, 0.6) is 5.75 Å². The summed E-state index contributed by atoms with van der Waals surface area (Å²) in [6, 6.07) is 14.8. The van der Waals surface area contributed by atoms with Crippen molar-refractivity contribution in [2.75, 3.05) is 39.0 Å². The predicted molar refractivity (Wildman–Crippen MR) is 129 cm³/mol. The Labute approximate surface area is 204 Å². The first-order chi connectivity index (χ1) is 16.6. The number of piperazine rings is 1. The Morgan fingerprint density at radius 3 is 2.23 bits per heavy atom. The first kappa shape index (κ1) is 25.3. The van der Waals surface area contributed by atoms with Crippen molar-refractivity contribution in [2.24, 2.45) is 11.8 Å². The zero-order valence-electron chi connectivity index (χ0n) is 19.5. The minimum Gasteiger partial charge on any atom is -0.493 e. The van der Waals surface area contributed by atoms with E-state index < -0.39 is 21.8 Å². The van der Waals surface area contributed by atoms with Crippen LogP contribution in [0.2, 0.25) is 0 Å². The monoisotopic (exact) mass is 506 g/mol. The van der Waals surface area contributed by atoms with E-state index in [1.54, 1.807) is 0 Å². The number of alkyl halides is 3. The molecule has 0 bridgehead atoms. The molecule has 1 saturated heterocycles. The molecule has 4 rings (SSSR count). The van der Waals surface area contributed by atoms with Crippen molar-refractivity contribution < 1.29 is 26.3 Å². The van der Waals surface area contributed by atoms with Crippen LogP contribution in [0.1, 0.15) is 11.1 Å². The van der Waals surface area contributed by atoms with Gasteiger partial charge in [-0.3, -0.25) is 0 Å². The number of halogens is 3. The van der Waals surface area contributed by atoms with Crippen molar-refractivity contribution in [3.63, 3.8) is 0 Å². The van der Waals surface area contributed by atoms with Crippen molar-refractivity contribution in [3.05, 3.63) is 89.6 Å². The molecule has 5 nitrogen and oxygen atoms in total. The van der Waals surface area contributed by atoms with E-state index in [9.17, 15) is 21.6 Å². The van der Waals surface area contributed by atoms with Gasteiger partial charge >= 0.3 is 6.18 Å². The summed E-state index contributed by atoms with van der Waals surface area (Å²) in [4.78, 5) is 2.19. The quantitative estimate of drug-likeness (QED) is 0.551. The van der Waals surface area contributed by atoms with E-state index in [0.29, 0.717) is 39.2 Å². The molecule has 0 aromatic heterocycles. The van der Waals surface area contributed by atoms with E-state index >= 15 is 0 Å². The molecule has 0 spiro atoms. The van der Waals surface area contributed by atoms with Gasteiger partial charge in [-0.1, -0.05) is 42.5 Å². The van der Waals surface area contributed by atoms with Crippen LogP contribution in [0, 0.1) is 11.8 Å². The lowest BCUT2D eigenvalue weighted by Crippen LogP contribution is -2.49. The summed E-state index contributed by atoms with van der Waals surface area (Å²) in [7, 11) is -3.25. The zero-order chi connectivity index (χ0) is 25.1. The maximum Gasteiger partial charge on any atom is 0.416 e. The van der Waals surface area contributed by atoms with E-state index in [1.165, 1.54) is 22.7 Å². The molecule has 1 fully saturated rings. The van der Waals surface area contributed by atoms with Crippen LogP contribution in [-0.4, -0.2) is 56.7 Å². The molecule has 35 heavy (non-hydrogen) atoms. The summed E-state index contributed by atoms with van der Waals surface area (Å²) in [6.07, 6.45) is 3.49. The normalized spacial score (nSPS) is 21.6. The Hall–Kier alpha value is -2.78. The molecule has 2 unspecified atom stereocenters. The SMILES string of the molecule is CS(=O)(=O)N1CCN(C2=CC=CC(COc3ccccc3)C2Cc2ccc(C(F)(F)F)cc2)CC1. The topological polar surface area (TPSA) is 49.9 Å². The number of ether oxygens (including phenoxy) is 1. The third-order valence-electron chi connectivity index (χ3n) is 6.52. The summed E-state index contributed by atoms with van der Waals surface area (Å²) >= 11 is 0. The number of para-hydroxylation sites is 1. The second-order valence-electron chi connectivity index (χ2n) is 8.92. The van der Waals surface area contributed by atoms with Crippen LogP contribution >= 0.6 is 0 Å². The summed E-state index contributed by atoms with van der Waals surface area (Å²) in [5.41, 5.74) is 1.20. The highest BCUT2D eigenvalue weighted by atomic mass is 32.2. The lowest BCUT2D eigenvalue weighted by Gasteiger charge is -2.41. The number of rotatable bonds is 7. The van der Waals surface area contributed by atoms with Gasteiger partial charge in [0.05, 0.1) is 18.4 Å². The average Bonchev–Trinajstić information content (AvgIpc) is 2.83. The largest absolute Gasteiger partial charge is 0.493 e. The molecule has 0 saturated carbocycles. The number of allylic oxidation sites excluding steroid dienone is 3. The summed E-state index contributed by atoms with van der Waals surface area (Å²) < 4.78 is 70.5. The third-order valence-corrected chi connectivity index (χ3v) is 7.82. The van der Waals surface area contributed by atoms with Gasteiger partial charge in [-0.15, -0.1) is 0 Å².